The first-order valence-corrected chi connectivity index (χ1v) is 7.15. The summed E-state index contributed by atoms with van der Waals surface area (Å²) >= 11 is 11.8. The summed E-state index contributed by atoms with van der Waals surface area (Å²) in [6, 6.07) is 16.8. The summed E-state index contributed by atoms with van der Waals surface area (Å²) in [5.74, 6) is 0.673. The Kier molecular flexibility index (Phi) is 4.13. The highest BCUT2D eigenvalue weighted by Gasteiger charge is 2.06. The Morgan fingerprint density at radius 2 is 1.48 bits per heavy atom. The molecule has 21 heavy (non-hydrogen) atoms. The van der Waals surface area contributed by atoms with Gasteiger partial charge in [-0.25, -0.2) is 4.68 Å². The van der Waals surface area contributed by atoms with Gasteiger partial charge in [0.25, 0.3) is 0 Å². The molecule has 5 heteroatoms. The lowest BCUT2D eigenvalue weighted by molar-refractivity contribution is 0.285. The molecule has 3 aromatic rings. The molecular weight excluding hydrogens is 307 g/mol. The first-order chi connectivity index (χ1) is 10.2. The zero-order valence-electron chi connectivity index (χ0n) is 11.0. The highest BCUT2D eigenvalue weighted by molar-refractivity contribution is 6.30. The van der Waals surface area contributed by atoms with Crippen LogP contribution in [0.15, 0.2) is 60.8 Å². The molecule has 2 aromatic carbocycles. The SMILES string of the molecule is Clc1ccc(COc2ccnn2-c2ccc(Cl)cc2)cc1. The molecule has 0 bridgehead atoms. The lowest BCUT2D eigenvalue weighted by atomic mass is 10.2. The molecular formula is C16H12Cl2N2O. The molecule has 0 spiro atoms. The van der Waals surface area contributed by atoms with Crippen molar-refractivity contribution < 1.29 is 4.74 Å². The summed E-state index contributed by atoms with van der Waals surface area (Å²) in [5, 5.41) is 5.67. The molecule has 0 aliphatic carbocycles. The van der Waals surface area contributed by atoms with E-state index in [9.17, 15) is 0 Å². The van der Waals surface area contributed by atoms with E-state index in [0.29, 0.717) is 22.5 Å². The normalized spacial score (nSPS) is 10.6. The average Bonchev–Trinajstić information content (AvgIpc) is 2.96. The number of nitrogens with zero attached hydrogens (tertiary/aromatic N) is 2. The molecule has 106 valence electrons. The molecule has 1 heterocycles. The maximum atomic E-state index is 5.90. The van der Waals surface area contributed by atoms with E-state index in [2.05, 4.69) is 5.10 Å². The van der Waals surface area contributed by atoms with Crippen LogP contribution < -0.4 is 4.74 Å². The molecule has 0 saturated heterocycles. The predicted octanol–water partition coefficient (Wildman–Crippen LogP) is 4.76. The van der Waals surface area contributed by atoms with E-state index < -0.39 is 0 Å². The van der Waals surface area contributed by atoms with Gasteiger partial charge >= 0.3 is 0 Å². The Morgan fingerprint density at radius 1 is 0.857 bits per heavy atom. The van der Waals surface area contributed by atoms with Gasteiger partial charge in [-0.3, -0.25) is 0 Å². The fourth-order valence-corrected chi connectivity index (χ4v) is 2.17. The van der Waals surface area contributed by atoms with E-state index in [-0.39, 0.29) is 0 Å². The Balaban J connectivity index is 1.76. The number of hydrogen-bond acceptors (Lipinski definition) is 2. The van der Waals surface area contributed by atoms with Crippen LogP contribution in [-0.2, 0) is 6.61 Å². The van der Waals surface area contributed by atoms with E-state index in [0.717, 1.165) is 11.3 Å². The Hall–Kier alpha value is -1.97. The van der Waals surface area contributed by atoms with Gasteiger partial charge in [-0.2, -0.15) is 5.10 Å². The van der Waals surface area contributed by atoms with Crippen molar-refractivity contribution >= 4 is 23.2 Å². The molecule has 0 radical (unpaired) electrons. The lowest BCUT2D eigenvalue weighted by Gasteiger charge is -2.09. The van der Waals surface area contributed by atoms with Gasteiger partial charge in [-0.05, 0) is 42.0 Å². The lowest BCUT2D eigenvalue weighted by Crippen LogP contribution is -2.03. The molecule has 0 saturated carbocycles. The second kappa shape index (κ2) is 6.20. The largest absolute Gasteiger partial charge is 0.473 e. The quantitative estimate of drug-likeness (QED) is 0.693. The summed E-state index contributed by atoms with van der Waals surface area (Å²) in [6.07, 6.45) is 1.70. The van der Waals surface area contributed by atoms with Crippen molar-refractivity contribution in [1.29, 1.82) is 0 Å². The average molecular weight is 319 g/mol. The van der Waals surface area contributed by atoms with Crippen LogP contribution in [0.3, 0.4) is 0 Å². The number of benzene rings is 2. The van der Waals surface area contributed by atoms with Gasteiger partial charge in [-0.1, -0.05) is 35.3 Å². The molecule has 0 N–H and O–H groups in total. The third-order valence-corrected chi connectivity index (χ3v) is 3.48. The number of ether oxygens (including phenoxy) is 1. The van der Waals surface area contributed by atoms with E-state index in [1.807, 2.05) is 54.6 Å². The number of aromatic nitrogens is 2. The van der Waals surface area contributed by atoms with Gasteiger partial charge in [0.1, 0.15) is 6.61 Å². The van der Waals surface area contributed by atoms with Gasteiger partial charge in [0, 0.05) is 16.1 Å². The maximum absolute atomic E-state index is 5.90. The van der Waals surface area contributed by atoms with Crippen molar-refractivity contribution in [3.63, 3.8) is 0 Å². The zero-order valence-corrected chi connectivity index (χ0v) is 12.6. The highest BCUT2D eigenvalue weighted by atomic mass is 35.5. The van der Waals surface area contributed by atoms with Crippen LogP contribution in [0.1, 0.15) is 5.56 Å². The van der Waals surface area contributed by atoms with Crippen LogP contribution in [0, 0.1) is 0 Å². The van der Waals surface area contributed by atoms with Crippen molar-refractivity contribution in [2.24, 2.45) is 0 Å². The fraction of sp³-hybridized carbons (Fsp3) is 0.0625. The van der Waals surface area contributed by atoms with Crippen molar-refractivity contribution in [3.8, 4) is 11.6 Å². The molecule has 0 unspecified atom stereocenters. The van der Waals surface area contributed by atoms with Gasteiger partial charge < -0.3 is 4.74 Å². The standard InChI is InChI=1S/C16H12Cl2N2O/c17-13-3-1-12(2-4-13)11-21-16-9-10-19-20(16)15-7-5-14(18)6-8-15/h1-10H,11H2. The number of rotatable bonds is 4. The molecule has 0 amide bonds. The summed E-state index contributed by atoms with van der Waals surface area (Å²) in [6.45, 7) is 0.455. The third-order valence-electron chi connectivity index (χ3n) is 2.98. The Bertz CT molecular complexity index is 721. The minimum Gasteiger partial charge on any atom is -0.473 e. The van der Waals surface area contributed by atoms with Crippen LogP contribution in [0.5, 0.6) is 5.88 Å². The second-order valence-corrected chi connectivity index (χ2v) is 5.35. The van der Waals surface area contributed by atoms with E-state index in [1.54, 1.807) is 10.9 Å². The first-order valence-electron chi connectivity index (χ1n) is 6.39. The molecule has 3 nitrogen and oxygen atoms in total. The van der Waals surface area contributed by atoms with Crippen molar-refractivity contribution in [1.82, 2.24) is 9.78 Å². The maximum Gasteiger partial charge on any atom is 0.216 e. The molecule has 0 atom stereocenters. The van der Waals surface area contributed by atoms with Gasteiger partial charge in [0.2, 0.25) is 5.88 Å². The minimum atomic E-state index is 0.455. The zero-order chi connectivity index (χ0) is 14.7. The van der Waals surface area contributed by atoms with Crippen molar-refractivity contribution in [2.75, 3.05) is 0 Å². The minimum absolute atomic E-state index is 0.455. The van der Waals surface area contributed by atoms with Crippen LogP contribution in [0.25, 0.3) is 5.69 Å². The van der Waals surface area contributed by atoms with E-state index >= 15 is 0 Å². The van der Waals surface area contributed by atoms with E-state index in [1.165, 1.54) is 0 Å². The highest BCUT2D eigenvalue weighted by Crippen LogP contribution is 2.20. The van der Waals surface area contributed by atoms with Crippen molar-refractivity contribution in [2.45, 2.75) is 6.61 Å². The molecule has 0 aliphatic rings. The fourth-order valence-electron chi connectivity index (χ4n) is 1.91. The predicted molar refractivity (Wildman–Crippen MR) is 84.4 cm³/mol. The van der Waals surface area contributed by atoms with E-state index in [4.69, 9.17) is 27.9 Å². The summed E-state index contributed by atoms with van der Waals surface area (Å²) in [5.41, 5.74) is 1.94. The Morgan fingerprint density at radius 3 is 2.14 bits per heavy atom. The van der Waals surface area contributed by atoms with Crippen LogP contribution in [0.2, 0.25) is 10.0 Å². The molecule has 0 aliphatic heterocycles. The first kappa shape index (κ1) is 14.0. The summed E-state index contributed by atoms with van der Waals surface area (Å²) in [4.78, 5) is 0. The summed E-state index contributed by atoms with van der Waals surface area (Å²) in [7, 11) is 0. The van der Waals surface area contributed by atoms with Crippen LogP contribution >= 0.6 is 23.2 Å². The topological polar surface area (TPSA) is 27.1 Å². The van der Waals surface area contributed by atoms with Crippen LogP contribution in [0.4, 0.5) is 0 Å². The number of halogens is 2. The number of hydrogen-bond donors (Lipinski definition) is 0. The monoisotopic (exact) mass is 318 g/mol. The van der Waals surface area contributed by atoms with Crippen LogP contribution in [-0.4, -0.2) is 9.78 Å². The Labute approximate surface area is 132 Å². The van der Waals surface area contributed by atoms with Crippen molar-refractivity contribution in [3.05, 3.63) is 76.4 Å². The molecule has 0 fully saturated rings. The summed E-state index contributed by atoms with van der Waals surface area (Å²) < 4.78 is 7.54. The van der Waals surface area contributed by atoms with Gasteiger partial charge in [0.05, 0.1) is 11.9 Å². The smallest absolute Gasteiger partial charge is 0.216 e. The van der Waals surface area contributed by atoms with Gasteiger partial charge in [-0.15, -0.1) is 0 Å². The van der Waals surface area contributed by atoms with Gasteiger partial charge in [0.15, 0.2) is 0 Å². The molecule has 3 rings (SSSR count). The second-order valence-electron chi connectivity index (χ2n) is 4.47. The molecule has 1 aromatic heterocycles. The third kappa shape index (κ3) is 3.38.